The molecule has 2 rings (SSSR count). The summed E-state index contributed by atoms with van der Waals surface area (Å²) in [6.45, 7) is 7.29. The van der Waals surface area contributed by atoms with Gasteiger partial charge < -0.3 is 10.2 Å². The quantitative estimate of drug-likeness (QED) is 0.809. The molecule has 0 aromatic heterocycles. The standard InChI is InChI=1S/C14H27N3O/c1-12(14(18)17-7-3-4-8-17)16-9-5-13(6-10-16)11-15-2/h12-13,15H,3-11H2,1-2H3. The van der Waals surface area contributed by atoms with E-state index < -0.39 is 0 Å². The van der Waals surface area contributed by atoms with Crippen LogP contribution < -0.4 is 5.32 Å². The molecule has 0 radical (unpaired) electrons. The second-order valence-corrected chi connectivity index (χ2v) is 5.75. The minimum Gasteiger partial charge on any atom is -0.341 e. The number of hydrogen-bond acceptors (Lipinski definition) is 3. The topological polar surface area (TPSA) is 35.6 Å². The zero-order chi connectivity index (χ0) is 13.0. The summed E-state index contributed by atoms with van der Waals surface area (Å²) in [6, 6.07) is 0.0821. The number of carbonyl (C=O) groups excluding carboxylic acids is 1. The smallest absolute Gasteiger partial charge is 0.239 e. The van der Waals surface area contributed by atoms with Gasteiger partial charge in [0.05, 0.1) is 6.04 Å². The van der Waals surface area contributed by atoms with E-state index in [-0.39, 0.29) is 6.04 Å². The SMILES string of the molecule is CNCC1CCN(C(C)C(=O)N2CCCC2)CC1. The van der Waals surface area contributed by atoms with Crippen molar-refractivity contribution in [1.29, 1.82) is 0 Å². The first-order valence-electron chi connectivity index (χ1n) is 7.40. The molecule has 2 saturated heterocycles. The van der Waals surface area contributed by atoms with Crippen LogP contribution in [0.4, 0.5) is 0 Å². The van der Waals surface area contributed by atoms with E-state index in [1.807, 2.05) is 11.9 Å². The molecule has 4 heteroatoms. The van der Waals surface area contributed by atoms with E-state index in [2.05, 4.69) is 17.1 Å². The molecule has 1 unspecified atom stereocenters. The molecule has 1 N–H and O–H groups in total. The van der Waals surface area contributed by atoms with Crippen molar-refractivity contribution in [3.05, 3.63) is 0 Å². The van der Waals surface area contributed by atoms with Crippen LogP contribution in [0.5, 0.6) is 0 Å². The largest absolute Gasteiger partial charge is 0.341 e. The van der Waals surface area contributed by atoms with E-state index in [9.17, 15) is 4.79 Å². The summed E-state index contributed by atoms with van der Waals surface area (Å²) in [5.74, 6) is 1.14. The second kappa shape index (κ2) is 6.53. The Kier molecular flexibility index (Phi) is 5.01. The van der Waals surface area contributed by atoms with Gasteiger partial charge in [-0.1, -0.05) is 0 Å². The molecule has 2 aliphatic rings. The third-order valence-electron chi connectivity index (χ3n) is 4.46. The number of nitrogens with zero attached hydrogens (tertiary/aromatic N) is 2. The predicted octanol–water partition coefficient (Wildman–Crippen LogP) is 0.929. The Morgan fingerprint density at radius 2 is 1.83 bits per heavy atom. The fraction of sp³-hybridized carbons (Fsp3) is 0.929. The summed E-state index contributed by atoms with van der Waals surface area (Å²) in [7, 11) is 2.02. The first kappa shape index (κ1) is 13.8. The third kappa shape index (κ3) is 3.23. The van der Waals surface area contributed by atoms with Crippen molar-refractivity contribution < 1.29 is 4.79 Å². The number of nitrogens with one attached hydrogen (secondary N) is 1. The molecule has 2 heterocycles. The lowest BCUT2D eigenvalue weighted by molar-refractivity contribution is -0.135. The number of piperidine rings is 1. The number of hydrogen-bond donors (Lipinski definition) is 1. The molecule has 0 saturated carbocycles. The minimum atomic E-state index is 0.0821. The monoisotopic (exact) mass is 253 g/mol. The van der Waals surface area contributed by atoms with Gasteiger partial charge in [0, 0.05) is 13.1 Å². The van der Waals surface area contributed by atoms with Crippen LogP contribution in [0.1, 0.15) is 32.6 Å². The Morgan fingerprint density at radius 3 is 2.39 bits per heavy atom. The van der Waals surface area contributed by atoms with Crippen LogP contribution in [0.25, 0.3) is 0 Å². The van der Waals surface area contributed by atoms with Crippen LogP contribution in [0, 0.1) is 5.92 Å². The number of likely N-dealkylation sites (tertiary alicyclic amines) is 2. The fourth-order valence-corrected chi connectivity index (χ4v) is 3.19. The fourth-order valence-electron chi connectivity index (χ4n) is 3.19. The van der Waals surface area contributed by atoms with E-state index in [0.29, 0.717) is 5.91 Å². The lowest BCUT2D eigenvalue weighted by atomic mass is 9.96. The van der Waals surface area contributed by atoms with Crippen LogP contribution in [0.15, 0.2) is 0 Å². The molecule has 1 amide bonds. The first-order valence-corrected chi connectivity index (χ1v) is 7.40. The average molecular weight is 253 g/mol. The van der Waals surface area contributed by atoms with E-state index in [1.54, 1.807) is 0 Å². The van der Waals surface area contributed by atoms with Crippen molar-refractivity contribution in [2.24, 2.45) is 5.92 Å². The van der Waals surface area contributed by atoms with Gasteiger partial charge in [0.15, 0.2) is 0 Å². The van der Waals surface area contributed by atoms with E-state index in [4.69, 9.17) is 0 Å². The van der Waals surface area contributed by atoms with Crippen LogP contribution in [-0.2, 0) is 4.79 Å². The maximum absolute atomic E-state index is 12.3. The summed E-state index contributed by atoms with van der Waals surface area (Å²) < 4.78 is 0. The molecular formula is C14H27N3O. The highest BCUT2D eigenvalue weighted by Gasteiger charge is 2.30. The van der Waals surface area contributed by atoms with Crippen LogP contribution in [0.2, 0.25) is 0 Å². The normalized spacial score (nSPS) is 24.4. The Bertz CT molecular complexity index is 268. The van der Waals surface area contributed by atoms with Crippen molar-refractivity contribution >= 4 is 5.91 Å². The van der Waals surface area contributed by atoms with Crippen LogP contribution >= 0.6 is 0 Å². The second-order valence-electron chi connectivity index (χ2n) is 5.75. The number of carbonyl (C=O) groups is 1. The van der Waals surface area contributed by atoms with Gasteiger partial charge in [0.25, 0.3) is 0 Å². The van der Waals surface area contributed by atoms with Crippen LogP contribution in [0.3, 0.4) is 0 Å². The maximum atomic E-state index is 12.3. The Balaban J connectivity index is 1.79. The highest BCUT2D eigenvalue weighted by atomic mass is 16.2. The van der Waals surface area contributed by atoms with Crippen molar-refractivity contribution in [3.63, 3.8) is 0 Å². The lowest BCUT2D eigenvalue weighted by Crippen LogP contribution is -2.49. The van der Waals surface area contributed by atoms with Gasteiger partial charge in [-0.05, 0) is 65.2 Å². The third-order valence-corrected chi connectivity index (χ3v) is 4.46. The average Bonchev–Trinajstić information content (AvgIpc) is 2.92. The number of rotatable bonds is 4. The molecule has 4 nitrogen and oxygen atoms in total. The minimum absolute atomic E-state index is 0.0821. The molecule has 2 aliphatic heterocycles. The zero-order valence-corrected chi connectivity index (χ0v) is 11.8. The highest BCUT2D eigenvalue weighted by Crippen LogP contribution is 2.20. The Labute approximate surface area is 111 Å². The Hall–Kier alpha value is -0.610. The van der Waals surface area contributed by atoms with Gasteiger partial charge >= 0.3 is 0 Å². The molecule has 104 valence electrons. The van der Waals surface area contributed by atoms with Gasteiger partial charge in [-0.25, -0.2) is 0 Å². The summed E-state index contributed by atoms with van der Waals surface area (Å²) >= 11 is 0. The van der Waals surface area contributed by atoms with Gasteiger partial charge in [-0.2, -0.15) is 0 Å². The van der Waals surface area contributed by atoms with Crippen molar-refractivity contribution in [1.82, 2.24) is 15.1 Å². The summed E-state index contributed by atoms with van der Waals surface area (Å²) in [5, 5.41) is 3.26. The first-order chi connectivity index (χ1) is 8.72. The van der Waals surface area contributed by atoms with Crippen molar-refractivity contribution in [3.8, 4) is 0 Å². The van der Waals surface area contributed by atoms with Crippen molar-refractivity contribution in [2.75, 3.05) is 39.8 Å². The van der Waals surface area contributed by atoms with Gasteiger partial charge in [0.2, 0.25) is 5.91 Å². The maximum Gasteiger partial charge on any atom is 0.239 e. The van der Waals surface area contributed by atoms with Gasteiger partial charge in [-0.15, -0.1) is 0 Å². The summed E-state index contributed by atoms with van der Waals surface area (Å²) in [4.78, 5) is 16.7. The van der Waals surface area contributed by atoms with E-state index >= 15 is 0 Å². The van der Waals surface area contributed by atoms with Gasteiger partial charge in [-0.3, -0.25) is 9.69 Å². The molecule has 1 atom stereocenters. The van der Waals surface area contributed by atoms with E-state index in [0.717, 1.165) is 38.6 Å². The zero-order valence-electron chi connectivity index (χ0n) is 11.8. The van der Waals surface area contributed by atoms with Crippen LogP contribution in [-0.4, -0.2) is 61.5 Å². The highest BCUT2D eigenvalue weighted by molar-refractivity contribution is 5.81. The van der Waals surface area contributed by atoms with Gasteiger partial charge in [0.1, 0.15) is 0 Å². The molecule has 0 bridgehead atoms. The molecule has 18 heavy (non-hydrogen) atoms. The molecule has 2 fully saturated rings. The van der Waals surface area contributed by atoms with Crippen molar-refractivity contribution in [2.45, 2.75) is 38.6 Å². The summed E-state index contributed by atoms with van der Waals surface area (Å²) in [5.41, 5.74) is 0. The lowest BCUT2D eigenvalue weighted by Gasteiger charge is -2.36. The van der Waals surface area contributed by atoms with E-state index in [1.165, 1.54) is 25.7 Å². The predicted molar refractivity (Wildman–Crippen MR) is 73.5 cm³/mol. The Morgan fingerprint density at radius 1 is 1.22 bits per heavy atom. The molecule has 0 aromatic carbocycles. The molecule has 0 aromatic rings. The molecule has 0 aliphatic carbocycles. The number of amides is 1. The summed E-state index contributed by atoms with van der Waals surface area (Å²) in [6.07, 6.45) is 4.81. The molecular weight excluding hydrogens is 226 g/mol. The molecule has 0 spiro atoms.